The molecular formula is C52H66F3N9O6S. The third-order valence-corrected chi connectivity index (χ3v) is 16.9. The molecular weight excluding hydrogens is 936 g/mol. The number of alkyl halides is 3. The lowest BCUT2D eigenvalue weighted by Gasteiger charge is -2.37. The first-order valence-electron chi connectivity index (χ1n) is 25.3. The number of methoxy groups -OCH3 is 1. The van der Waals surface area contributed by atoms with E-state index in [2.05, 4.69) is 25.5 Å². The smallest absolute Gasteiger partial charge is 0.406 e. The van der Waals surface area contributed by atoms with Crippen molar-refractivity contribution in [2.24, 2.45) is 16.7 Å². The number of aromatic nitrogens is 3. The van der Waals surface area contributed by atoms with Crippen LogP contribution >= 0.6 is 11.3 Å². The SMILES string of the molecule is CO[C@@H](C)c1ncccc1-c1c2c3cc(ccc3n1CC(F)(F)F)-c1csc(n1)C[C@H](NC(=O)[C@H](C1CCCC1)N1CC[C@]3(CCN(C(=O)[C@H]4CN4C)C3)C1)C(=O)N1CCC[C@H](N1)C(=O)OCC(C)(C)C2. The zero-order valence-corrected chi connectivity index (χ0v) is 42.2. The molecule has 5 aliphatic heterocycles. The monoisotopic (exact) mass is 1000 g/mol. The third kappa shape index (κ3) is 10.2. The predicted octanol–water partition coefficient (Wildman–Crippen LogP) is 6.54. The van der Waals surface area contributed by atoms with Crippen LogP contribution in [0.3, 0.4) is 0 Å². The molecule has 1 saturated carbocycles. The molecule has 19 heteroatoms. The number of pyridine rings is 1. The van der Waals surface area contributed by atoms with Gasteiger partial charge in [0.1, 0.15) is 24.7 Å². The van der Waals surface area contributed by atoms with E-state index in [1.807, 2.05) is 44.2 Å². The zero-order chi connectivity index (χ0) is 50.0. The Morgan fingerprint density at radius 2 is 1.83 bits per heavy atom. The molecule has 10 rings (SSSR count). The molecule has 8 heterocycles. The number of cyclic esters (lactones) is 1. The molecule has 3 amide bonds. The molecule has 6 aliphatic rings. The van der Waals surface area contributed by atoms with E-state index >= 15 is 4.79 Å². The minimum Gasteiger partial charge on any atom is -0.464 e. The van der Waals surface area contributed by atoms with Crippen molar-refractivity contribution in [2.45, 2.75) is 128 Å². The van der Waals surface area contributed by atoms with E-state index < -0.39 is 48.3 Å². The molecule has 1 aliphatic carbocycles. The average molecular weight is 1000 g/mol. The molecule has 15 nitrogen and oxygen atoms in total. The molecule has 1 unspecified atom stereocenters. The van der Waals surface area contributed by atoms with Crippen LogP contribution in [0, 0.1) is 16.7 Å². The van der Waals surface area contributed by atoms with Gasteiger partial charge < -0.3 is 24.3 Å². The number of hydrogen-bond acceptors (Lipinski definition) is 12. The Balaban J connectivity index is 1.01. The van der Waals surface area contributed by atoms with Crippen LogP contribution in [0.2, 0.25) is 0 Å². The fourth-order valence-corrected chi connectivity index (χ4v) is 13.0. The van der Waals surface area contributed by atoms with E-state index in [9.17, 15) is 27.6 Å². The maximum atomic E-state index is 15.0. The lowest BCUT2D eigenvalue weighted by molar-refractivity contribution is -0.155. The maximum Gasteiger partial charge on any atom is 0.406 e. The lowest BCUT2D eigenvalue weighted by Crippen LogP contribution is -2.62. The Bertz CT molecular complexity index is 2680. The highest BCUT2D eigenvalue weighted by Gasteiger charge is 2.51. The molecule has 4 saturated heterocycles. The van der Waals surface area contributed by atoms with Crippen LogP contribution in [0.4, 0.5) is 13.2 Å². The highest BCUT2D eigenvalue weighted by molar-refractivity contribution is 7.10. The molecule has 7 atom stereocenters. The second kappa shape index (κ2) is 19.5. The van der Waals surface area contributed by atoms with Crippen molar-refractivity contribution < 1.29 is 41.8 Å². The van der Waals surface area contributed by atoms with Gasteiger partial charge in [-0.15, -0.1) is 11.3 Å². The lowest BCUT2D eigenvalue weighted by atomic mass is 9.84. The van der Waals surface area contributed by atoms with Crippen molar-refractivity contribution in [2.75, 3.05) is 60.0 Å². The van der Waals surface area contributed by atoms with Gasteiger partial charge in [0.05, 0.1) is 40.8 Å². The third-order valence-electron chi connectivity index (χ3n) is 16.0. The fourth-order valence-electron chi connectivity index (χ4n) is 12.2. The van der Waals surface area contributed by atoms with Crippen molar-refractivity contribution >= 4 is 45.9 Å². The summed E-state index contributed by atoms with van der Waals surface area (Å²) in [6, 6.07) is 6.47. The van der Waals surface area contributed by atoms with Crippen LogP contribution < -0.4 is 10.7 Å². The van der Waals surface area contributed by atoms with Crippen molar-refractivity contribution in [3.8, 4) is 22.5 Å². The van der Waals surface area contributed by atoms with E-state index in [0.29, 0.717) is 82.2 Å². The van der Waals surface area contributed by atoms with Gasteiger partial charge in [0.2, 0.25) is 11.8 Å². The number of halogens is 3. The first-order valence-corrected chi connectivity index (χ1v) is 26.2. The van der Waals surface area contributed by atoms with Crippen LogP contribution in [0.1, 0.15) is 94.5 Å². The number of nitrogens with one attached hydrogen (secondary N) is 2. The number of likely N-dealkylation sites (N-methyl/N-ethyl adjacent to an activating group) is 1. The summed E-state index contributed by atoms with van der Waals surface area (Å²) in [7, 11) is 3.50. The molecule has 4 aromatic rings. The van der Waals surface area contributed by atoms with Gasteiger partial charge in [-0.05, 0) is 101 Å². The van der Waals surface area contributed by atoms with E-state index in [0.717, 1.165) is 58.2 Å². The molecule has 382 valence electrons. The van der Waals surface area contributed by atoms with Gasteiger partial charge in [0, 0.05) is 90.7 Å². The van der Waals surface area contributed by atoms with Gasteiger partial charge in [0.25, 0.3) is 5.91 Å². The largest absolute Gasteiger partial charge is 0.464 e. The summed E-state index contributed by atoms with van der Waals surface area (Å²) in [6.45, 7) is 8.28. The average Bonchev–Trinajstić information content (AvgIpc) is 4.00. The highest BCUT2D eigenvalue weighted by Crippen LogP contribution is 2.45. The van der Waals surface area contributed by atoms with Crippen molar-refractivity contribution in [3.63, 3.8) is 0 Å². The highest BCUT2D eigenvalue weighted by atomic mass is 32.1. The van der Waals surface area contributed by atoms with Gasteiger partial charge in [-0.2, -0.15) is 13.2 Å². The van der Waals surface area contributed by atoms with Gasteiger partial charge in [-0.25, -0.2) is 10.4 Å². The number of thiazole rings is 1. The fraction of sp³-hybridized carbons (Fsp3) is 0.615. The van der Waals surface area contributed by atoms with Crippen LogP contribution in [0.5, 0.6) is 0 Å². The second-order valence-electron chi connectivity index (χ2n) is 21.9. The topological polar surface area (TPSA) is 154 Å². The summed E-state index contributed by atoms with van der Waals surface area (Å²) in [5.74, 6) is -0.829. The number of benzene rings is 1. The van der Waals surface area contributed by atoms with Crippen molar-refractivity contribution in [1.82, 2.24) is 45.0 Å². The molecule has 6 bridgehead atoms. The standard InChI is InChI=1S/C52H66F3N9O6S/c1-31(69-5)43-34(12-8-18-56-43)45-36-24-50(2,3)30-70-49(68)37-13-9-19-64(59-37)47(66)38(23-42-57-39(26-71-42)33-14-15-40(35(36)22-33)63(45)29-52(53,54)55)58-46(65)44(32-10-6-7-11-32)61-20-16-51(27-61)17-21-62(28-51)48(67)41-25-60(41)4/h8,12,14-15,18,22,26,31-32,37-38,41,44,59H,6-7,9-11,13,16-17,19-21,23-25,27-30H2,1-5H3,(H,58,65)/t31-,37-,38-,41+,44-,51-,60?/m0/s1. The van der Waals surface area contributed by atoms with Gasteiger partial charge in [-0.1, -0.05) is 32.8 Å². The minimum absolute atomic E-state index is 0.0299. The Labute approximate surface area is 416 Å². The number of carbonyl (C=O) groups is 4. The Kier molecular flexibility index (Phi) is 13.6. The van der Waals surface area contributed by atoms with E-state index in [-0.39, 0.29) is 54.5 Å². The molecule has 2 N–H and O–H groups in total. The summed E-state index contributed by atoms with van der Waals surface area (Å²) < 4.78 is 57.2. The predicted molar refractivity (Wildman–Crippen MR) is 262 cm³/mol. The number of likely N-dealkylation sites (tertiary alicyclic amines) is 2. The Morgan fingerprint density at radius 1 is 1.06 bits per heavy atom. The quantitative estimate of drug-likeness (QED) is 0.139. The van der Waals surface area contributed by atoms with Crippen LogP contribution in [0.25, 0.3) is 33.4 Å². The number of rotatable bonds is 9. The number of nitrogens with zero attached hydrogens (tertiary/aromatic N) is 7. The molecule has 1 aromatic carbocycles. The van der Waals surface area contributed by atoms with Gasteiger partial charge in [-0.3, -0.25) is 39.0 Å². The van der Waals surface area contributed by atoms with E-state index in [4.69, 9.17) is 14.5 Å². The Morgan fingerprint density at radius 3 is 2.58 bits per heavy atom. The molecule has 3 aromatic heterocycles. The second-order valence-corrected chi connectivity index (χ2v) is 22.8. The number of hydrazine groups is 1. The summed E-state index contributed by atoms with van der Waals surface area (Å²) in [6.07, 6.45) is 3.39. The van der Waals surface area contributed by atoms with Crippen molar-refractivity contribution in [3.05, 3.63) is 58.2 Å². The normalized spacial score (nSPS) is 27.3. The summed E-state index contributed by atoms with van der Waals surface area (Å²) in [5, 5.41) is 7.75. The number of amides is 3. The number of esters is 1. The van der Waals surface area contributed by atoms with E-state index in [1.165, 1.54) is 28.0 Å². The summed E-state index contributed by atoms with van der Waals surface area (Å²) >= 11 is 1.35. The summed E-state index contributed by atoms with van der Waals surface area (Å²) in [5.41, 5.74) is 5.92. The number of ether oxygens (including phenoxy) is 2. The summed E-state index contributed by atoms with van der Waals surface area (Å²) in [4.78, 5) is 73.2. The first-order chi connectivity index (χ1) is 33.9. The molecule has 5 fully saturated rings. The van der Waals surface area contributed by atoms with E-state index in [1.54, 1.807) is 30.5 Å². The van der Waals surface area contributed by atoms with Crippen molar-refractivity contribution in [1.29, 1.82) is 0 Å². The minimum atomic E-state index is -4.57. The number of fused-ring (bicyclic) bond motifs is 6. The Hall–Kier alpha value is -4.95. The van der Waals surface area contributed by atoms with Crippen LogP contribution in [-0.4, -0.2) is 148 Å². The van der Waals surface area contributed by atoms with Crippen LogP contribution in [-0.2, 0) is 48.0 Å². The van der Waals surface area contributed by atoms with Crippen LogP contribution in [0.15, 0.2) is 41.9 Å². The molecule has 1 spiro atoms. The van der Waals surface area contributed by atoms with Gasteiger partial charge >= 0.3 is 12.1 Å². The van der Waals surface area contributed by atoms with Gasteiger partial charge in [0.15, 0.2) is 0 Å². The molecule has 0 radical (unpaired) electrons. The first kappa shape index (κ1) is 49.6. The maximum absolute atomic E-state index is 15.0. The molecule has 71 heavy (non-hydrogen) atoms. The zero-order valence-electron chi connectivity index (χ0n) is 41.4. The number of carbonyl (C=O) groups excluding carboxylic acids is 4. The number of hydrogen-bond donors (Lipinski definition) is 2.